The van der Waals surface area contributed by atoms with Crippen LogP contribution in [0.5, 0.6) is 5.75 Å². The summed E-state index contributed by atoms with van der Waals surface area (Å²) >= 11 is 0. The van der Waals surface area contributed by atoms with Gasteiger partial charge in [0.25, 0.3) is 0 Å². The van der Waals surface area contributed by atoms with Crippen molar-refractivity contribution < 1.29 is 32.0 Å². The van der Waals surface area contributed by atoms with E-state index in [4.69, 9.17) is 4.74 Å². The molecule has 0 saturated carbocycles. The third-order valence-electron chi connectivity index (χ3n) is 4.12. The summed E-state index contributed by atoms with van der Waals surface area (Å²) in [6, 6.07) is 6.53. The quantitative estimate of drug-likeness (QED) is 0.741. The molecule has 1 heterocycles. The van der Waals surface area contributed by atoms with Crippen LogP contribution in [0.4, 0.5) is 0 Å². The van der Waals surface area contributed by atoms with Crippen molar-refractivity contribution in [2.75, 3.05) is 20.2 Å². The summed E-state index contributed by atoms with van der Waals surface area (Å²) in [4.78, 5) is 0. The third-order valence-corrected chi connectivity index (χ3v) is 4.12. The fourth-order valence-electron chi connectivity index (χ4n) is 3.11. The summed E-state index contributed by atoms with van der Waals surface area (Å²) in [7, 11) is 1.74. The predicted molar refractivity (Wildman–Crippen MR) is 75.1 cm³/mol. The average Bonchev–Trinajstić information content (AvgIpc) is 2.47. The number of rotatable bonds is 2. The van der Waals surface area contributed by atoms with E-state index < -0.39 is 0 Å². The molecule has 19 heavy (non-hydrogen) atoms. The van der Waals surface area contributed by atoms with Crippen LogP contribution in [0.2, 0.25) is 0 Å². The molecule has 1 saturated heterocycles. The van der Waals surface area contributed by atoms with E-state index in [1.807, 2.05) is 0 Å². The summed E-state index contributed by atoms with van der Waals surface area (Å²) in [6.45, 7) is 2.06. The standard InChI is InChI=1S/C16H20NO.Cd/c1-18-14-6-5-12-3-2-4-15(16(12)11-14)13-7-9-17-10-8-13;/h4-6,11,13H,2-3,7-10H2,1H3;/q-1;+2. The van der Waals surface area contributed by atoms with Crippen molar-refractivity contribution in [2.45, 2.75) is 25.7 Å². The number of hydrogen-bond donors (Lipinski definition) is 0. The van der Waals surface area contributed by atoms with Crippen LogP contribution in [-0.2, 0) is 33.7 Å². The van der Waals surface area contributed by atoms with Gasteiger partial charge in [-0.05, 0) is 47.6 Å². The Morgan fingerprint density at radius 3 is 2.74 bits per heavy atom. The first-order chi connectivity index (χ1) is 8.88. The maximum Gasteiger partial charge on any atom is 2.00 e. The van der Waals surface area contributed by atoms with E-state index in [0.29, 0.717) is 5.92 Å². The SMILES string of the molecule is COc1ccc2c(c1)C(C1CC[N-]CC1)=CCC2.[Cd+2]. The second kappa shape index (κ2) is 6.88. The zero-order valence-electron chi connectivity index (χ0n) is 11.7. The molecule has 0 radical (unpaired) electrons. The summed E-state index contributed by atoms with van der Waals surface area (Å²) in [5.41, 5.74) is 4.45. The smallest absolute Gasteiger partial charge is 0.662 e. The number of fused-ring (bicyclic) bond motifs is 1. The molecular formula is C16H20CdNO+. The van der Waals surface area contributed by atoms with Gasteiger partial charge in [0, 0.05) is 0 Å². The van der Waals surface area contributed by atoms with Crippen molar-refractivity contribution in [3.8, 4) is 5.75 Å². The average molecular weight is 355 g/mol. The molecule has 2 aliphatic rings. The third kappa shape index (κ3) is 3.21. The van der Waals surface area contributed by atoms with Crippen LogP contribution >= 0.6 is 0 Å². The summed E-state index contributed by atoms with van der Waals surface area (Å²) < 4.78 is 5.37. The molecule has 0 N–H and O–H groups in total. The van der Waals surface area contributed by atoms with Gasteiger partial charge < -0.3 is 10.1 Å². The molecule has 0 atom stereocenters. The number of hydrogen-bond acceptors (Lipinski definition) is 1. The van der Waals surface area contributed by atoms with E-state index in [1.165, 1.54) is 36.8 Å². The van der Waals surface area contributed by atoms with Crippen LogP contribution < -0.4 is 4.74 Å². The van der Waals surface area contributed by atoms with E-state index in [0.717, 1.165) is 18.8 Å². The van der Waals surface area contributed by atoms with Crippen molar-refractivity contribution >= 4 is 5.57 Å². The second-order valence-electron chi connectivity index (χ2n) is 5.17. The molecule has 1 aliphatic heterocycles. The van der Waals surface area contributed by atoms with Gasteiger partial charge >= 0.3 is 27.3 Å². The van der Waals surface area contributed by atoms with Crippen LogP contribution in [0.25, 0.3) is 10.9 Å². The fourth-order valence-corrected chi connectivity index (χ4v) is 3.11. The largest absolute Gasteiger partial charge is 2.00 e. The summed E-state index contributed by atoms with van der Waals surface area (Å²) in [6.07, 6.45) is 7.21. The van der Waals surface area contributed by atoms with E-state index in [2.05, 4.69) is 29.6 Å². The summed E-state index contributed by atoms with van der Waals surface area (Å²) in [5, 5.41) is 4.46. The van der Waals surface area contributed by atoms with Gasteiger partial charge in [0.1, 0.15) is 5.75 Å². The van der Waals surface area contributed by atoms with Gasteiger partial charge in [-0.15, -0.1) is 13.1 Å². The molecule has 3 rings (SSSR count). The van der Waals surface area contributed by atoms with Crippen molar-refractivity contribution in [1.82, 2.24) is 0 Å². The van der Waals surface area contributed by atoms with E-state index in [9.17, 15) is 0 Å². The van der Waals surface area contributed by atoms with Gasteiger partial charge in [-0.1, -0.05) is 25.0 Å². The minimum Gasteiger partial charge on any atom is -0.662 e. The molecule has 2 nitrogen and oxygen atoms in total. The monoisotopic (exact) mass is 356 g/mol. The number of ether oxygens (including phenoxy) is 1. The van der Waals surface area contributed by atoms with Crippen LogP contribution in [0.3, 0.4) is 0 Å². The molecule has 0 bridgehead atoms. The molecule has 0 amide bonds. The number of methoxy groups -OCH3 is 1. The van der Waals surface area contributed by atoms with Gasteiger partial charge in [0.2, 0.25) is 0 Å². The maximum atomic E-state index is 5.37. The number of benzene rings is 1. The van der Waals surface area contributed by atoms with Gasteiger partial charge in [-0.25, -0.2) is 0 Å². The molecule has 0 spiro atoms. The second-order valence-corrected chi connectivity index (χ2v) is 5.17. The van der Waals surface area contributed by atoms with Crippen molar-refractivity contribution in [3.05, 3.63) is 40.7 Å². The predicted octanol–water partition coefficient (Wildman–Crippen LogP) is 3.81. The van der Waals surface area contributed by atoms with Crippen LogP contribution in [0.15, 0.2) is 24.3 Å². The Kier molecular flexibility index (Phi) is 5.45. The molecule has 1 aliphatic carbocycles. The van der Waals surface area contributed by atoms with E-state index >= 15 is 0 Å². The minimum atomic E-state index is 0. The van der Waals surface area contributed by atoms with E-state index in [1.54, 1.807) is 12.7 Å². The Morgan fingerprint density at radius 2 is 2.00 bits per heavy atom. The Balaban J connectivity index is 0.00000133. The summed E-state index contributed by atoms with van der Waals surface area (Å²) in [5.74, 6) is 1.68. The molecule has 0 aromatic heterocycles. The van der Waals surface area contributed by atoms with Gasteiger partial charge in [0.15, 0.2) is 0 Å². The Bertz CT molecular complexity index is 464. The van der Waals surface area contributed by atoms with Crippen molar-refractivity contribution in [1.29, 1.82) is 0 Å². The van der Waals surface area contributed by atoms with Crippen LogP contribution in [-0.4, -0.2) is 20.2 Å². The topological polar surface area (TPSA) is 23.3 Å². The van der Waals surface area contributed by atoms with Crippen LogP contribution in [0.1, 0.15) is 30.4 Å². The van der Waals surface area contributed by atoms with Gasteiger partial charge in [0.05, 0.1) is 7.11 Å². The molecule has 1 aromatic carbocycles. The van der Waals surface area contributed by atoms with Gasteiger partial charge in [-0.3, -0.25) is 0 Å². The van der Waals surface area contributed by atoms with Gasteiger partial charge in [-0.2, -0.15) is 0 Å². The van der Waals surface area contributed by atoms with E-state index in [-0.39, 0.29) is 27.3 Å². The number of nitrogens with zero attached hydrogens (tertiary/aromatic N) is 1. The Labute approximate surface area is 135 Å². The fraction of sp³-hybridized carbons (Fsp3) is 0.500. The first kappa shape index (κ1) is 15.0. The molecule has 1 fully saturated rings. The normalized spacial score (nSPS) is 19.1. The molecular weight excluding hydrogens is 335 g/mol. The Hall–Kier alpha value is -0.358. The molecule has 1 aromatic rings. The molecule has 96 valence electrons. The zero-order chi connectivity index (χ0) is 12.4. The zero-order valence-corrected chi connectivity index (χ0v) is 15.7. The van der Waals surface area contributed by atoms with Crippen molar-refractivity contribution in [2.24, 2.45) is 5.92 Å². The minimum absolute atomic E-state index is 0. The first-order valence-electron chi connectivity index (χ1n) is 6.89. The number of aryl methyl sites for hydroxylation is 1. The maximum absolute atomic E-state index is 5.37. The molecule has 3 heteroatoms. The first-order valence-corrected chi connectivity index (χ1v) is 6.89. The Morgan fingerprint density at radius 1 is 1.21 bits per heavy atom. The van der Waals surface area contributed by atoms with Crippen molar-refractivity contribution in [3.63, 3.8) is 0 Å². The number of allylic oxidation sites excluding steroid dienone is 2. The molecule has 0 unspecified atom stereocenters. The van der Waals surface area contributed by atoms with Crippen LogP contribution in [0, 0.1) is 5.92 Å². The number of piperidine rings is 1.